The van der Waals surface area contributed by atoms with E-state index >= 15 is 0 Å². The van der Waals surface area contributed by atoms with Gasteiger partial charge in [0, 0.05) is 43.0 Å². The minimum atomic E-state index is -0.548. The van der Waals surface area contributed by atoms with Crippen LogP contribution in [0.3, 0.4) is 0 Å². The number of benzene rings is 3. The van der Waals surface area contributed by atoms with Crippen LogP contribution >= 0.6 is 0 Å². The molecule has 1 spiro atoms. The first-order valence-electron chi connectivity index (χ1n) is 9.23. The average Bonchev–Trinajstić information content (AvgIpc) is 3.01. The molecule has 8 heteroatoms. The number of aromatic hydroxyl groups is 2. The van der Waals surface area contributed by atoms with E-state index in [1.807, 2.05) is 0 Å². The van der Waals surface area contributed by atoms with E-state index in [0.29, 0.717) is 49.3 Å². The summed E-state index contributed by atoms with van der Waals surface area (Å²) in [6.07, 6.45) is 1.57. The summed E-state index contributed by atoms with van der Waals surface area (Å²) >= 11 is 0. The first kappa shape index (κ1) is 16.9. The topological polar surface area (TPSA) is 146 Å². The van der Waals surface area contributed by atoms with Gasteiger partial charge in [0.15, 0.2) is 5.66 Å². The lowest BCUT2D eigenvalue weighted by atomic mass is 9.96. The van der Waals surface area contributed by atoms with Gasteiger partial charge in [-0.25, -0.2) is 0 Å². The van der Waals surface area contributed by atoms with Crippen LogP contribution in [0.5, 0.6) is 11.5 Å². The van der Waals surface area contributed by atoms with Crippen molar-refractivity contribution in [3.05, 3.63) is 28.9 Å². The van der Waals surface area contributed by atoms with Crippen molar-refractivity contribution in [2.24, 2.45) is 9.98 Å². The molecule has 1 fully saturated rings. The van der Waals surface area contributed by atoms with E-state index in [9.17, 15) is 10.2 Å². The van der Waals surface area contributed by atoms with Crippen LogP contribution in [-0.4, -0.2) is 40.9 Å². The monoisotopic (exact) mass is 378 g/mol. The summed E-state index contributed by atoms with van der Waals surface area (Å²) in [5.74, 6) is -0.187. The number of likely N-dealkylation sites (tertiary alicyclic amines) is 1. The van der Waals surface area contributed by atoms with Crippen LogP contribution in [0.25, 0.3) is 21.5 Å². The van der Waals surface area contributed by atoms with Gasteiger partial charge in [-0.2, -0.15) is 0 Å². The molecule has 2 aliphatic heterocycles. The minimum absolute atomic E-state index is 0.0833. The van der Waals surface area contributed by atoms with Crippen LogP contribution < -0.4 is 27.9 Å². The van der Waals surface area contributed by atoms with Gasteiger partial charge in [0.2, 0.25) is 0 Å². The summed E-state index contributed by atoms with van der Waals surface area (Å²) in [6.45, 7) is 1.77. The third-order valence-corrected chi connectivity index (χ3v) is 5.96. The van der Waals surface area contributed by atoms with E-state index in [2.05, 4.69) is 11.9 Å². The van der Waals surface area contributed by atoms with Crippen LogP contribution in [0.2, 0.25) is 0 Å². The highest BCUT2D eigenvalue weighted by Crippen LogP contribution is 2.46. The normalized spacial score (nSPS) is 18.3. The van der Waals surface area contributed by atoms with E-state index < -0.39 is 5.66 Å². The highest BCUT2D eigenvalue weighted by molar-refractivity contribution is 6.20. The van der Waals surface area contributed by atoms with Gasteiger partial charge in [-0.3, -0.25) is 9.98 Å². The Labute approximate surface area is 160 Å². The number of phenols is 2. The van der Waals surface area contributed by atoms with Gasteiger partial charge in [0.25, 0.3) is 0 Å². The molecule has 5 rings (SSSR count). The number of phenolic OH excluding ortho intramolecular Hbond substituents is 2. The summed E-state index contributed by atoms with van der Waals surface area (Å²) < 4.78 is 0. The fourth-order valence-electron chi connectivity index (χ4n) is 4.42. The van der Waals surface area contributed by atoms with Gasteiger partial charge in [-0.15, -0.1) is 0 Å². The number of fused-ring (bicyclic) bond motifs is 4. The Bertz CT molecular complexity index is 1290. The predicted octanol–water partition coefficient (Wildman–Crippen LogP) is 0.825. The van der Waals surface area contributed by atoms with E-state index in [1.165, 1.54) is 0 Å². The van der Waals surface area contributed by atoms with E-state index in [0.717, 1.165) is 25.9 Å². The molecule has 8 nitrogen and oxygen atoms in total. The molecule has 0 bridgehead atoms. The molecule has 2 heterocycles. The summed E-state index contributed by atoms with van der Waals surface area (Å²) in [7, 11) is 2.07. The third-order valence-electron chi connectivity index (χ3n) is 5.96. The van der Waals surface area contributed by atoms with Gasteiger partial charge in [-0.1, -0.05) is 0 Å². The van der Waals surface area contributed by atoms with Gasteiger partial charge >= 0.3 is 0 Å². The summed E-state index contributed by atoms with van der Waals surface area (Å²) in [6, 6.07) is 4.91. The maximum absolute atomic E-state index is 11.1. The standard InChI is InChI=1S/C20H22N6O2/c1-26-6-4-20(5-7-26)24-12-8-11(23)15-16(17(12)25-20)19(28)14-10(22)3-2-9(21)13(14)18(15)27/h2-3,8,27-28H,4-7,21-23H2,1H3. The Kier molecular flexibility index (Phi) is 3.25. The van der Waals surface area contributed by atoms with Crippen molar-refractivity contribution in [2.75, 3.05) is 37.3 Å². The molecule has 144 valence electrons. The lowest BCUT2D eigenvalue weighted by molar-refractivity contribution is 0.197. The number of rotatable bonds is 0. The molecule has 3 aromatic rings. The van der Waals surface area contributed by atoms with Crippen molar-refractivity contribution in [3.63, 3.8) is 0 Å². The lowest BCUT2D eigenvalue weighted by Crippen LogP contribution is -2.39. The number of nitrogen functional groups attached to an aromatic ring is 3. The van der Waals surface area contributed by atoms with E-state index in [4.69, 9.17) is 27.2 Å². The predicted molar refractivity (Wildman–Crippen MR) is 110 cm³/mol. The molecule has 0 atom stereocenters. The lowest BCUT2D eigenvalue weighted by Gasteiger charge is -2.33. The Morgan fingerprint density at radius 2 is 1.39 bits per heavy atom. The highest BCUT2D eigenvalue weighted by atomic mass is 16.3. The molecule has 8 N–H and O–H groups in total. The Morgan fingerprint density at radius 3 is 2.00 bits per heavy atom. The summed E-state index contributed by atoms with van der Waals surface area (Å²) in [5.41, 5.74) is 18.8. The quantitative estimate of drug-likeness (QED) is 0.222. The Balaban J connectivity index is 1.95. The van der Waals surface area contributed by atoms with Crippen molar-refractivity contribution < 1.29 is 10.2 Å². The number of piperidine rings is 1. The van der Waals surface area contributed by atoms with Crippen LogP contribution in [-0.2, 0) is 0 Å². The van der Waals surface area contributed by atoms with E-state index in [1.54, 1.807) is 18.2 Å². The number of hydrogen-bond acceptors (Lipinski definition) is 8. The van der Waals surface area contributed by atoms with Gasteiger partial charge in [0.05, 0.1) is 32.3 Å². The molecule has 0 aliphatic carbocycles. The molecule has 2 aliphatic rings. The molecule has 3 aromatic carbocycles. The molecular formula is C20H22N6O2. The molecule has 0 aromatic heterocycles. The van der Waals surface area contributed by atoms with E-state index in [-0.39, 0.29) is 11.5 Å². The zero-order valence-electron chi connectivity index (χ0n) is 15.5. The van der Waals surface area contributed by atoms with Gasteiger partial charge in [0.1, 0.15) is 11.5 Å². The second kappa shape index (κ2) is 5.39. The molecule has 28 heavy (non-hydrogen) atoms. The Morgan fingerprint density at radius 1 is 0.857 bits per heavy atom. The van der Waals surface area contributed by atoms with Crippen molar-refractivity contribution in [1.82, 2.24) is 4.90 Å². The molecule has 0 radical (unpaired) electrons. The maximum Gasteiger partial charge on any atom is 0.154 e. The largest absolute Gasteiger partial charge is 0.506 e. The smallest absolute Gasteiger partial charge is 0.154 e. The van der Waals surface area contributed by atoms with Crippen molar-refractivity contribution in [3.8, 4) is 11.5 Å². The highest BCUT2D eigenvalue weighted by Gasteiger charge is 2.36. The molecular weight excluding hydrogens is 356 g/mol. The average molecular weight is 378 g/mol. The van der Waals surface area contributed by atoms with Gasteiger partial charge < -0.3 is 32.3 Å². The minimum Gasteiger partial charge on any atom is -0.506 e. The van der Waals surface area contributed by atoms with Crippen LogP contribution in [0.4, 0.5) is 17.1 Å². The fourth-order valence-corrected chi connectivity index (χ4v) is 4.42. The van der Waals surface area contributed by atoms with Gasteiger partial charge in [-0.05, 0) is 25.2 Å². The Hall–Kier alpha value is -3.26. The summed E-state index contributed by atoms with van der Waals surface area (Å²) in [4.78, 5) is 12.0. The zero-order valence-corrected chi connectivity index (χ0v) is 15.5. The summed E-state index contributed by atoms with van der Waals surface area (Å²) in [5, 5.41) is 24.6. The molecule has 0 unspecified atom stereocenters. The van der Waals surface area contributed by atoms with Crippen LogP contribution in [0.1, 0.15) is 12.8 Å². The van der Waals surface area contributed by atoms with Crippen molar-refractivity contribution in [1.29, 1.82) is 0 Å². The van der Waals surface area contributed by atoms with Crippen LogP contribution in [0.15, 0.2) is 28.2 Å². The van der Waals surface area contributed by atoms with Crippen molar-refractivity contribution in [2.45, 2.75) is 18.5 Å². The third kappa shape index (κ3) is 2.09. The number of nitrogens with two attached hydrogens (primary N) is 3. The number of hydrogen-bond donors (Lipinski definition) is 5. The second-order valence-electron chi connectivity index (χ2n) is 7.78. The van der Waals surface area contributed by atoms with Crippen LogP contribution in [0, 0.1) is 0 Å². The molecule has 0 saturated carbocycles. The zero-order chi connectivity index (χ0) is 19.8. The number of nitrogens with zero attached hydrogens (tertiary/aromatic N) is 3. The number of anilines is 3. The fraction of sp³-hybridized carbons (Fsp3) is 0.300. The molecule has 1 saturated heterocycles. The first-order valence-corrected chi connectivity index (χ1v) is 9.23. The maximum atomic E-state index is 11.1. The first-order chi connectivity index (χ1) is 13.3. The molecule has 0 amide bonds. The van der Waals surface area contributed by atoms with Crippen molar-refractivity contribution >= 4 is 38.6 Å². The second-order valence-corrected chi connectivity index (χ2v) is 7.78. The SMILES string of the molecule is CN1CCC2(CC1)N=c1cc(N)c3c(O)c4c(N)ccc(N)c4c(O)c3c1=N2.